The van der Waals surface area contributed by atoms with Crippen molar-refractivity contribution in [3.8, 4) is 0 Å². The Morgan fingerprint density at radius 1 is 1.25 bits per heavy atom. The molecule has 0 aliphatic carbocycles. The van der Waals surface area contributed by atoms with E-state index in [-0.39, 0.29) is 11.1 Å². The Bertz CT molecular complexity index is 138. The second-order valence-corrected chi connectivity index (χ2v) is 4.42. The van der Waals surface area contributed by atoms with Gasteiger partial charge in [-0.2, -0.15) is 0 Å². The third kappa shape index (κ3) is 1.99. The van der Waals surface area contributed by atoms with Gasteiger partial charge >= 0.3 is 0 Å². The second-order valence-electron chi connectivity index (χ2n) is 4.42. The molecule has 1 aliphatic heterocycles. The summed E-state index contributed by atoms with van der Waals surface area (Å²) in [7, 11) is 0. The lowest BCUT2D eigenvalue weighted by Gasteiger charge is -2.43. The summed E-state index contributed by atoms with van der Waals surface area (Å²) >= 11 is 0. The molecular formula is C10H21NO. The summed E-state index contributed by atoms with van der Waals surface area (Å²) in [5, 5.41) is 3.53. The maximum Gasteiger partial charge on any atom is 0.0802 e. The first kappa shape index (κ1) is 10.0. The van der Waals surface area contributed by atoms with Gasteiger partial charge in [0.15, 0.2) is 0 Å². The predicted octanol–water partition coefficient (Wildman–Crippen LogP) is 1.94. The van der Waals surface area contributed by atoms with Gasteiger partial charge < -0.3 is 10.1 Å². The zero-order valence-electron chi connectivity index (χ0n) is 8.74. The van der Waals surface area contributed by atoms with Gasteiger partial charge in [0.2, 0.25) is 0 Å². The van der Waals surface area contributed by atoms with Crippen molar-refractivity contribution in [2.45, 2.75) is 51.7 Å². The normalized spacial score (nSPS) is 27.0. The zero-order chi connectivity index (χ0) is 9.24. The summed E-state index contributed by atoms with van der Waals surface area (Å²) in [5.41, 5.74) is 0.267. The number of ether oxygens (including phenoxy) is 1. The smallest absolute Gasteiger partial charge is 0.0802 e. The highest BCUT2D eigenvalue weighted by molar-refractivity contribution is 4.91. The molecule has 0 bridgehead atoms. The molecule has 2 nitrogen and oxygen atoms in total. The van der Waals surface area contributed by atoms with Gasteiger partial charge in [0.1, 0.15) is 0 Å². The molecule has 1 saturated heterocycles. The lowest BCUT2D eigenvalue weighted by molar-refractivity contribution is -0.105. The number of nitrogens with one attached hydrogen (secondary N) is 1. The van der Waals surface area contributed by atoms with Crippen LogP contribution in [0.2, 0.25) is 0 Å². The first-order chi connectivity index (χ1) is 5.54. The SMILES string of the molecule is CCC1(CC)CNC(C)(C)CO1. The van der Waals surface area contributed by atoms with Crippen LogP contribution in [0, 0.1) is 0 Å². The predicted molar refractivity (Wildman–Crippen MR) is 51.3 cm³/mol. The molecule has 0 radical (unpaired) electrons. The van der Waals surface area contributed by atoms with Crippen LogP contribution in [0.3, 0.4) is 0 Å². The highest BCUT2D eigenvalue weighted by Gasteiger charge is 2.35. The van der Waals surface area contributed by atoms with Crippen molar-refractivity contribution in [2.75, 3.05) is 13.2 Å². The van der Waals surface area contributed by atoms with Crippen LogP contribution >= 0.6 is 0 Å². The van der Waals surface area contributed by atoms with E-state index in [9.17, 15) is 0 Å². The van der Waals surface area contributed by atoms with Gasteiger partial charge in [-0.25, -0.2) is 0 Å². The molecule has 0 aromatic rings. The largest absolute Gasteiger partial charge is 0.372 e. The average Bonchev–Trinajstić information content (AvgIpc) is 2.06. The molecule has 0 spiro atoms. The molecule has 0 aromatic carbocycles. The third-order valence-electron chi connectivity index (χ3n) is 2.92. The number of hydrogen-bond acceptors (Lipinski definition) is 2. The molecule has 1 heterocycles. The van der Waals surface area contributed by atoms with E-state index in [0.29, 0.717) is 0 Å². The van der Waals surface area contributed by atoms with Gasteiger partial charge in [0.05, 0.1) is 12.2 Å². The minimum absolute atomic E-state index is 0.107. The molecule has 0 saturated carbocycles. The molecule has 0 amide bonds. The first-order valence-corrected chi connectivity index (χ1v) is 4.92. The van der Waals surface area contributed by atoms with Crippen LogP contribution < -0.4 is 5.32 Å². The minimum atomic E-state index is 0.107. The fourth-order valence-corrected chi connectivity index (χ4v) is 1.54. The van der Waals surface area contributed by atoms with E-state index in [1.165, 1.54) is 0 Å². The summed E-state index contributed by atoms with van der Waals surface area (Å²) in [6, 6.07) is 0. The van der Waals surface area contributed by atoms with E-state index in [0.717, 1.165) is 26.0 Å². The van der Waals surface area contributed by atoms with Crippen molar-refractivity contribution in [1.82, 2.24) is 5.32 Å². The molecular weight excluding hydrogens is 150 g/mol. The van der Waals surface area contributed by atoms with Crippen LogP contribution in [0.25, 0.3) is 0 Å². The highest BCUT2D eigenvalue weighted by Crippen LogP contribution is 2.25. The molecule has 1 N–H and O–H groups in total. The van der Waals surface area contributed by atoms with Crippen LogP contribution in [0.15, 0.2) is 0 Å². The average molecular weight is 171 g/mol. The van der Waals surface area contributed by atoms with Crippen LogP contribution in [0.5, 0.6) is 0 Å². The molecule has 0 aromatic heterocycles. The van der Waals surface area contributed by atoms with E-state index in [1.807, 2.05) is 0 Å². The number of rotatable bonds is 2. The lowest BCUT2D eigenvalue weighted by Crippen LogP contribution is -2.59. The summed E-state index contributed by atoms with van der Waals surface area (Å²) in [5.74, 6) is 0. The molecule has 0 unspecified atom stereocenters. The topological polar surface area (TPSA) is 21.3 Å². The van der Waals surface area contributed by atoms with Crippen LogP contribution in [0.1, 0.15) is 40.5 Å². The minimum Gasteiger partial charge on any atom is -0.372 e. The number of morpholine rings is 1. The lowest BCUT2D eigenvalue weighted by atomic mass is 9.92. The van der Waals surface area contributed by atoms with Crippen molar-refractivity contribution in [3.05, 3.63) is 0 Å². The van der Waals surface area contributed by atoms with E-state index >= 15 is 0 Å². The number of hydrogen-bond donors (Lipinski definition) is 1. The van der Waals surface area contributed by atoms with E-state index in [1.54, 1.807) is 0 Å². The molecule has 12 heavy (non-hydrogen) atoms. The van der Waals surface area contributed by atoms with Gasteiger partial charge in [-0.3, -0.25) is 0 Å². The standard InChI is InChI=1S/C10H21NO/c1-5-10(6-2)7-11-9(3,4)8-12-10/h11H,5-8H2,1-4H3. The first-order valence-electron chi connectivity index (χ1n) is 4.92. The van der Waals surface area contributed by atoms with Crippen LogP contribution in [0.4, 0.5) is 0 Å². The quantitative estimate of drug-likeness (QED) is 0.685. The Kier molecular flexibility index (Phi) is 2.79. The Morgan fingerprint density at radius 2 is 1.83 bits per heavy atom. The Labute approximate surface area is 75.7 Å². The Balaban J connectivity index is 2.53. The van der Waals surface area contributed by atoms with Crippen LogP contribution in [-0.4, -0.2) is 24.3 Å². The third-order valence-corrected chi connectivity index (χ3v) is 2.92. The van der Waals surface area contributed by atoms with Crippen molar-refractivity contribution < 1.29 is 4.74 Å². The second kappa shape index (κ2) is 3.35. The van der Waals surface area contributed by atoms with Gasteiger partial charge in [-0.15, -0.1) is 0 Å². The molecule has 2 heteroatoms. The molecule has 0 atom stereocenters. The summed E-state index contributed by atoms with van der Waals surface area (Å²) in [4.78, 5) is 0. The summed E-state index contributed by atoms with van der Waals surface area (Å²) < 4.78 is 5.92. The Morgan fingerprint density at radius 3 is 2.17 bits per heavy atom. The van der Waals surface area contributed by atoms with E-state index < -0.39 is 0 Å². The van der Waals surface area contributed by atoms with Crippen molar-refractivity contribution in [2.24, 2.45) is 0 Å². The highest BCUT2D eigenvalue weighted by atomic mass is 16.5. The maximum absolute atomic E-state index is 5.92. The maximum atomic E-state index is 5.92. The Hall–Kier alpha value is -0.0800. The fraction of sp³-hybridized carbons (Fsp3) is 1.00. The monoisotopic (exact) mass is 171 g/mol. The van der Waals surface area contributed by atoms with Gasteiger partial charge in [0.25, 0.3) is 0 Å². The van der Waals surface area contributed by atoms with Gasteiger partial charge in [-0.1, -0.05) is 13.8 Å². The van der Waals surface area contributed by atoms with E-state index in [2.05, 4.69) is 33.0 Å². The van der Waals surface area contributed by atoms with Crippen LogP contribution in [-0.2, 0) is 4.74 Å². The molecule has 1 rings (SSSR count). The zero-order valence-corrected chi connectivity index (χ0v) is 8.74. The molecule has 72 valence electrons. The summed E-state index contributed by atoms with van der Waals surface area (Å²) in [6.07, 6.45) is 2.21. The molecule has 1 fully saturated rings. The fourth-order valence-electron chi connectivity index (χ4n) is 1.54. The van der Waals surface area contributed by atoms with Crippen molar-refractivity contribution in [3.63, 3.8) is 0 Å². The van der Waals surface area contributed by atoms with E-state index in [4.69, 9.17) is 4.74 Å². The van der Waals surface area contributed by atoms with Crippen molar-refractivity contribution >= 4 is 0 Å². The summed E-state index contributed by atoms with van der Waals surface area (Å²) in [6.45, 7) is 10.6. The van der Waals surface area contributed by atoms with Gasteiger partial charge in [-0.05, 0) is 26.7 Å². The van der Waals surface area contributed by atoms with Gasteiger partial charge in [0, 0.05) is 12.1 Å². The molecule has 1 aliphatic rings. The van der Waals surface area contributed by atoms with Crippen molar-refractivity contribution in [1.29, 1.82) is 0 Å².